The van der Waals surface area contributed by atoms with Crippen molar-refractivity contribution in [2.45, 2.75) is 43.7 Å². The van der Waals surface area contributed by atoms with Gasteiger partial charge in [0.2, 0.25) is 0 Å². The highest BCUT2D eigenvalue weighted by Gasteiger charge is 2.38. The van der Waals surface area contributed by atoms with Gasteiger partial charge in [-0.2, -0.15) is 0 Å². The predicted molar refractivity (Wildman–Crippen MR) is 63.7 cm³/mol. The number of aromatic nitrogens is 3. The summed E-state index contributed by atoms with van der Waals surface area (Å²) in [6, 6.07) is 0.0111. The summed E-state index contributed by atoms with van der Waals surface area (Å²) in [7, 11) is 1.42. The van der Waals surface area contributed by atoms with E-state index in [1.165, 1.54) is 20.0 Å². The van der Waals surface area contributed by atoms with Crippen molar-refractivity contribution < 1.29 is 9.53 Å². The van der Waals surface area contributed by atoms with Crippen LogP contribution >= 0.6 is 0 Å². The van der Waals surface area contributed by atoms with Gasteiger partial charge in [0, 0.05) is 18.2 Å². The Morgan fingerprint density at radius 3 is 2.94 bits per heavy atom. The van der Waals surface area contributed by atoms with Gasteiger partial charge >= 0.3 is 5.97 Å². The van der Waals surface area contributed by atoms with Gasteiger partial charge in [-0.15, -0.1) is 5.10 Å². The molecule has 0 bridgehead atoms. The van der Waals surface area contributed by atoms with E-state index in [9.17, 15) is 4.79 Å². The van der Waals surface area contributed by atoms with Crippen molar-refractivity contribution >= 4 is 5.97 Å². The third kappa shape index (κ3) is 2.01. The molecular formula is C12H18N4O2. The second kappa shape index (κ2) is 4.35. The Hall–Kier alpha value is -1.43. The summed E-state index contributed by atoms with van der Waals surface area (Å²) in [6.45, 7) is 0. The van der Waals surface area contributed by atoms with Gasteiger partial charge in [0.15, 0.2) is 0 Å². The summed E-state index contributed by atoms with van der Waals surface area (Å²) in [5.41, 5.74) is 7.16. The van der Waals surface area contributed by atoms with Crippen molar-refractivity contribution in [3.8, 4) is 0 Å². The molecule has 1 unspecified atom stereocenters. The molecule has 1 aromatic heterocycles. The van der Waals surface area contributed by atoms with Crippen molar-refractivity contribution in [3.05, 3.63) is 11.9 Å². The molecule has 2 aliphatic carbocycles. The third-order valence-corrected chi connectivity index (χ3v) is 3.97. The number of hydrogen-bond acceptors (Lipinski definition) is 5. The van der Waals surface area contributed by atoms with Crippen LogP contribution in [-0.4, -0.2) is 34.1 Å². The number of carbonyl (C=O) groups is 1. The Bertz CT molecular complexity index is 455. The first kappa shape index (κ1) is 11.6. The number of carbonyl (C=O) groups excluding carboxylic acids is 1. The summed E-state index contributed by atoms with van der Waals surface area (Å²) < 4.78 is 6.61. The fraction of sp³-hybridized carbons (Fsp3) is 0.750. The van der Waals surface area contributed by atoms with Crippen LogP contribution in [0.1, 0.15) is 43.3 Å². The van der Waals surface area contributed by atoms with E-state index in [0.29, 0.717) is 18.8 Å². The molecule has 0 amide bonds. The van der Waals surface area contributed by atoms with Crippen LogP contribution in [0.5, 0.6) is 0 Å². The Balaban J connectivity index is 1.73. The van der Waals surface area contributed by atoms with Gasteiger partial charge in [-0.25, -0.2) is 4.68 Å². The zero-order valence-electron chi connectivity index (χ0n) is 10.5. The maximum atomic E-state index is 11.5. The summed E-state index contributed by atoms with van der Waals surface area (Å²) >= 11 is 0. The van der Waals surface area contributed by atoms with Gasteiger partial charge in [0.25, 0.3) is 0 Å². The molecule has 6 nitrogen and oxygen atoms in total. The van der Waals surface area contributed by atoms with E-state index in [1.54, 1.807) is 0 Å². The van der Waals surface area contributed by atoms with Gasteiger partial charge < -0.3 is 10.5 Å². The van der Waals surface area contributed by atoms with E-state index in [2.05, 4.69) is 10.3 Å². The molecule has 1 heterocycles. The zero-order valence-corrected chi connectivity index (χ0v) is 10.5. The Labute approximate surface area is 105 Å². The minimum atomic E-state index is -0.171. The SMILES string of the molecule is COC(=O)C1C[C@@H](N)[C@@H](n2cc(C3CC3)nn2)C1. The minimum absolute atomic E-state index is 0.0529. The van der Waals surface area contributed by atoms with Crippen LogP contribution in [0.2, 0.25) is 0 Å². The topological polar surface area (TPSA) is 83.0 Å². The highest BCUT2D eigenvalue weighted by Crippen LogP contribution is 2.40. The van der Waals surface area contributed by atoms with Gasteiger partial charge in [0.05, 0.1) is 24.8 Å². The van der Waals surface area contributed by atoms with Crippen LogP contribution in [0.15, 0.2) is 6.20 Å². The maximum absolute atomic E-state index is 11.5. The lowest BCUT2D eigenvalue weighted by molar-refractivity contribution is -0.145. The first-order valence-electron chi connectivity index (χ1n) is 6.44. The van der Waals surface area contributed by atoms with Crippen molar-refractivity contribution in [1.29, 1.82) is 0 Å². The molecule has 6 heteroatoms. The number of methoxy groups -OCH3 is 1. The number of nitrogens with zero attached hydrogens (tertiary/aromatic N) is 3. The van der Waals surface area contributed by atoms with E-state index < -0.39 is 0 Å². The number of esters is 1. The van der Waals surface area contributed by atoms with Crippen molar-refractivity contribution in [3.63, 3.8) is 0 Å². The Morgan fingerprint density at radius 2 is 2.28 bits per heavy atom. The second-order valence-electron chi connectivity index (χ2n) is 5.32. The zero-order chi connectivity index (χ0) is 12.7. The van der Waals surface area contributed by atoms with Crippen molar-refractivity contribution in [2.75, 3.05) is 7.11 Å². The number of hydrogen-bond donors (Lipinski definition) is 1. The number of nitrogens with two attached hydrogens (primary N) is 1. The van der Waals surface area contributed by atoms with E-state index >= 15 is 0 Å². The van der Waals surface area contributed by atoms with Gasteiger partial charge in [-0.1, -0.05) is 5.21 Å². The largest absolute Gasteiger partial charge is 0.469 e. The Morgan fingerprint density at radius 1 is 1.50 bits per heavy atom. The smallest absolute Gasteiger partial charge is 0.308 e. The highest BCUT2D eigenvalue weighted by atomic mass is 16.5. The average molecular weight is 250 g/mol. The fourth-order valence-corrected chi connectivity index (χ4v) is 2.73. The van der Waals surface area contributed by atoms with Crippen LogP contribution in [0.4, 0.5) is 0 Å². The lowest BCUT2D eigenvalue weighted by Crippen LogP contribution is -2.27. The molecule has 0 aromatic carbocycles. The van der Waals surface area contributed by atoms with Crippen molar-refractivity contribution in [1.82, 2.24) is 15.0 Å². The molecule has 0 saturated heterocycles. The predicted octanol–water partition coefficient (Wildman–Crippen LogP) is 0.607. The molecule has 2 N–H and O–H groups in total. The van der Waals surface area contributed by atoms with Crippen LogP contribution in [0.25, 0.3) is 0 Å². The standard InChI is InChI=1S/C12H18N4O2/c1-18-12(17)8-4-9(13)11(5-8)16-6-10(14-15-16)7-2-3-7/h6-9,11H,2-5,13H2,1H3/t8?,9-,11+/m1/s1. The van der Waals surface area contributed by atoms with E-state index in [1.807, 2.05) is 10.9 Å². The summed E-state index contributed by atoms with van der Waals surface area (Å²) in [4.78, 5) is 11.5. The number of ether oxygens (including phenoxy) is 1. The van der Waals surface area contributed by atoms with E-state index in [4.69, 9.17) is 10.5 Å². The molecule has 0 radical (unpaired) electrons. The van der Waals surface area contributed by atoms with E-state index in [-0.39, 0.29) is 24.0 Å². The molecule has 0 aliphatic heterocycles. The molecule has 2 fully saturated rings. The number of rotatable bonds is 3. The summed E-state index contributed by atoms with van der Waals surface area (Å²) in [5.74, 6) is 0.312. The van der Waals surface area contributed by atoms with Crippen LogP contribution in [0, 0.1) is 5.92 Å². The molecular weight excluding hydrogens is 232 g/mol. The van der Waals surface area contributed by atoms with Gasteiger partial charge in [-0.05, 0) is 25.7 Å². The first-order chi connectivity index (χ1) is 8.69. The van der Waals surface area contributed by atoms with Crippen LogP contribution in [0.3, 0.4) is 0 Å². The molecule has 2 saturated carbocycles. The molecule has 18 heavy (non-hydrogen) atoms. The lowest BCUT2D eigenvalue weighted by atomic mass is 10.1. The molecule has 3 rings (SSSR count). The first-order valence-corrected chi connectivity index (χ1v) is 6.44. The van der Waals surface area contributed by atoms with Gasteiger partial charge in [0.1, 0.15) is 0 Å². The monoisotopic (exact) mass is 250 g/mol. The molecule has 0 spiro atoms. The van der Waals surface area contributed by atoms with Crippen molar-refractivity contribution in [2.24, 2.45) is 11.7 Å². The quantitative estimate of drug-likeness (QED) is 0.794. The van der Waals surface area contributed by atoms with Gasteiger partial charge in [-0.3, -0.25) is 4.79 Å². The maximum Gasteiger partial charge on any atom is 0.308 e. The Kier molecular flexibility index (Phi) is 2.81. The third-order valence-electron chi connectivity index (χ3n) is 3.97. The normalized spacial score (nSPS) is 31.6. The molecule has 2 aliphatic rings. The second-order valence-corrected chi connectivity index (χ2v) is 5.32. The fourth-order valence-electron chi connectivity index (χ4n) is 2.73. The average Bonchev–Trinajstić information content (AvgIpc) is 2.98. The van der Waals surface area contributed by atoms with Crippen LogP contribution < -0.4 is 5.73 Å². The minimum Gasteiger partial charge on any atom is -0.469 e. The highest BCUT2D eigenvalue weighted by molar-refractivity contribution is 5.72. The molecule has 98 valence electrons. The summed E-state index contributed by atoms with van der Waals surface area (Å²) in [5, 5.41) is 8.35. The van der Waals surface area contributed by atoms with Crippen LogP contribution in [-0.2, 0) is 9.53 Å². The molecule has 1 aromatic rings. The lowest BCUT2D eigenvalue weighted by Gasteiger charge is -2.14. The van der Waals surface area contributed by atoms with E-state index in [0.717, 1.165) is 5.69 Å². The summed E-state index contributed by atoms with van der Waals surface area (Å²) in [6.07, 6.45) is 5.76. The molecule has 3 atom stereocenters.